The number of hydrogen-bond acceptors (Lipinski definition) is 2. The van der Waals surface area contributed by atoms with Crippen molar-refractivity contribution in [1.82, 2.24) is 5.32 Å². The van der Waals surface area contributed by atoms with E-state index in [2.05, 4.69) is 53.3 Å². The molecule has 16 heavy (non-hydrogen) atoms. The van der Waals surface area contributed by atoms with Crippen LogP contribution in [0.5, 0.6) is 0 Å². The van der Waals surface area contributed by atoms with Gasteiger partial charge in [0, 0.05) is 30.3 Å². The first-order chi connectivity index (χ1) is 7.63. The standard InChI is InChI=1S/C13H20BrNO/c1-10(7-8-16-3)15-11(2)12-5-4-6-13(14)9-12/h4-6,9-11,15H,7-8H2,1-3H3/t10?,11-/m0/s1. The number of rotatable bonds is 6. The Labute approximate surface area is 107 Å². The van der Waals surface area contributed by atoms with E-state index >= 15 is 0 Å². The number of nitrogens with one attached hydrogen (secondary N) is 1. The fourth-order valence-electron chi connectivity index (χ4n) is 1.68. The maximum absolute atomic E-state index is 5.07. The molecular weight excluding hydrogens is 266 g/mol. The van der Waals surface area contributed by atoms with Crippen LogP contribution in [0.1, 0.15) is 31.9 Å². The summed E-state index contributed by atoms with van der Waals surface area (Å²) in [7, 11) is 1.74. The van der Waals surface area contributed by atoms with E-state index in [0.29, 0.717) is 12.1 Å². The molecule has 0 radical (unpaired) electrons. The van der Waals surface area contributed by atoms with Gasteiger partial charge in [-0.1, -0.05) is 28.1 Å². The van der Waals surface area contributed by atoms with Crippen LogP contribution in [-0.2, 0) is 4.74 Å². The van der Waals surface area contributed by atoms with Gasteiger partial charge >= 0.3 is 0 Å². The Morgan fingerprint density at radius 1 is 1.38 bits per heavy atom. The van der Waals surface area contributed by atoms with E-state index < -0.39 is 0 Å². The van der Waals surface area contributed by atoms with E-state index in [1.165, 1.54) is 5.56 Å². The minimum absolute atomic E-state index is 0.365. The van der Waals surface area contributed by atoms with Crippen LogP contribution in [0, 0.1) is 0 Å². The van der Waals surface area contributed by atoms with Gasteiger partial charge in [-0.05, 0) is 38.0 Å². The van der Waals surface area contributed by atoms with Gasteiger partial charge in [0.1, 0.15) is 0 Å². The average molecular weight is 286 g/mol. The molecule has 1 rings (SSSR count). The second kappa shape index (κ2) is 7.05. The zero-order chi connectivity index (χ0) is 12.0. The van der Waals surface area contributed by atoms with E-state index in [1.54, 1.807) is 7.11 Å². The Bertz CT molecular complexity index is 317. The van der Waals surface area contributed by atoms with Gasteiger partial charge in [-0.25, -0.2) is 0 Å². The highest BCUT2D eigenvalue weighted by Gasteiger charge is 2.09. The lowest BCUT2D eigenvalue weighted by molar-refractivity contribution is 0.183. The second-order valence-corrected chi connectivity index (χ2v) is 5.04. The van der Waals surface area contributed by atoms with Gasteiger partial charge in [0.15, 0.2) is 0 Å². The van der Waals surface area contributed by atoms with E-state index in [9.17, 15) is 0 Å². The summed E-state index contributed by atoms with van der Waals surface area (Å²) < 4.78 is 6.20. The fraction of sp³-hybridized carbons (Fsp3) is 0.538. The molecular formula is C13H20BrNO. The van der Waals surface area contributed by atoms with Crippen molar-refractivity contribution in [1.29, 1.82) is 0 Å². The topological polar surface area (TPSA) is 21.3 Å². The average Bonchev–Trinajstić information content (AvgIpc) is 2.26. The molecule has 90 valence electrons. The summed E-state index contributed by atoms with van der Waals surface area (Å²) in [5.74, 6) is 0. The predicted molar refractivity (Wildman–Crippen MR) is 71.6 cm³/mol. The molecule has 0 aliphatic rings. The molecule has 0 saturated heterocycles. The molecule has 0 heterocycles. The SMILES string of the molecule is COCCC(C)N[C@@H](C)c1cccc(Br)c1. The molecule has 0 aliphatic carbocycles. The number of benzene rings is 1. The van der Waals surface area contributed by atoms with Crippen molar-refractivity contribution in [3.63, 3.8) is 0 Å². The van der Waals surface area contributed by atoms with Gasteiger partial charge in [-0.15, -0.1) is 0 Å². The van der Waals surface area contributed by atoms with Gasteiger partial charge in [-0.2, -0.15) is 0 Å². The molecule has 0 saturated carbocycles. The normalized spacial score (nSPS) is 14.8. The summed E-state index contributed by atoms with van der Waals surface area (Å²) >= 11 is 3.49. The molecule has 3 heteroatoms. The minimum Gasteiger partial charge on any atom is -0.385 e. The van der Waals surface area contributed by atoms with Crippen LogP contribution in [0.25, 0.3) is 0 Å². The number of ether oxygens (including phenoxy) is 1. The summed E-state index contributed by atoms with van der Waals surface area (Å²) in [6, 6.07) is 9.24. The van der Waals surface area contributed by atoms with Crippen LogP contribution < -0.4 is 5.32 Å². The highest BCUT2D eigenvalue weighted by atomic mass is 79.9. The number of halogens is 1. The van der Waals surface area contributed by atoms with Crippen molar-refractivity contribution in [3.8, 4) is 0 Å². The predicted octanol–water partition coefficient (Wildman–Crippen LogP) is 3.52. The quantitative estimate of drug-likeness (QED) is 0.864. The Balaban J connectivity index is 2.48. The highest BCUT2D eigenvalue weighted by molar-refractivity contribution is 9.10. The van der Waals surface area contributed by atoms with E-state index in [-0.39, 0.29) is 0 Å². The molecule has 0 aromatic heterocycles. The van der Waals surface area contributed by atoms with Crippen molar-refractivity contribution in [2.24, 2.45) is 0 Å². The Hall–Kier alpha value is -0.380. The third kappa shape index (κ3) is 4.64. The molecule has 0 amide bonds. The molecule has 0 bridgehead atoms. The van der Waals surface area contributed by atoms with Crippen LogP contribution in [0.2, 0.25) is 0 Å². The third-order valence-corrected chi connectivity index (χ3v) is 3.13. The van der Waals surface area contributed by atoms with Crippen molar-refractivity contribution < 1.29 is 4.74 Å². The van der Waals surface area contributed by atoms with Crippen LogP contribution in [0.15, 0.2) is 28.7 Å². The lowest BCUT2D eigenvalue weighted by Crippen LogP contribution is -2.29. The molecule has 2 nitrogen and oxygen atoms in total. The molecule has 0 fully saturated rings. The first kappa shape index (κ1) is 13.7. The lowest BCUT2D eigenvalue weighted by Gasteiger charge is -2.20. The summed E-state index contributed by atoms with van der Waals surface area (Å²) in [5, 5.41) is 3.56. The monoisotopic (exact) mass is 285 g/mol. The van der Waals surface area contributed by atoms with Crippen molar-refractivity contribution in [2.75, 3.05) is 13.7 Å². The molecule has 2 atom stereocenters. The maximum Gasteiger partial charge on any atom is 0.0476 e. The summed E-state index contributed by atoms with van der Waals surface area (Å²) in [6.07, 6.45) is 1.04. The molecule has 0 spiro atoms. The maximum atomic E-state index is 5.07. The smallest absolute Gasteiger partial charge is 0.0476 e. The van der Waals surface area contributed by atoms with Gasteiger partial charge < -0.3 is 10.1 Å². The van der Waals surface area contributed by atoms with Gasteiger partial charge in [0.25, 0.3) is 0 Å². The first-order valence-electron chi connectivity index (χ1n) is 5.64. The molecule has 1 unspecified atom stereocenters. The summed E-state index contributed by atoms with van der Waals surface area (Å²) in [4.78, 5) is 0. The van der Waals surface area contributed by atoms with Crippen molar-refractivity contribution >= 4 is 15.9 Å². The summed E-state index contributed by atoms with van der Waals surface area (Å²) in [6.45, 7) is 5.18. The zero-order valence-electron chi connectivity index (χ0n) is 10.2. The summed E-state index contributed by atoms with van der Waals surface area (Å²) in [5.41, 5.74) is 1.30. The van der Waals surface area contributed by atoms with E-state index in [4.69, 9.17) is 4.74 Å². The van der Waals surface area contributed by atoms with Crippen molar-refractivity contribution in [3.05, 3.63) is 34.3 Å². The van der Waals surface area contributed by atoms with Gasteiger partial charge in [0.2, 0.25) is 0 Å². The van der Waals surface area contributed by atoms with Crippen LogP contribution >= 0.6 is 15.9 Å². The fourth-order valence-corrected chi connectivity index (χ4v) is 2.09. The minimum atomic E-state index is 0.365. The Morgan fingerprint density at radius 2 is 2.12 bits per heavy atom. The third-order valence-electron chi connectivity index (χ3n) is 2.64. The number of methoxy groups -OCH3 is 1. The number of hydrogen-bond donors (Lipinski definition) is 1. The van der Waals surface area contributed by atoms with Crippen LogP contribution in [-0.4, -0.2) is 19.8 Å². The zero-order valence-corrected chi connectivity index (χ0v) is 11.8. The van der Waals surface area contributed by atoms with Crippen molar-refractivity contribution in [2.45, 2.75) is 32.4 Å². The first-order valence-corrected chi connectivity index (χ1v) is 6.43. The van der Waals surface area contributed by atoms with Crippen LogP contribution in [0.3, 0.4) is 0 Å². The van der Waals surface area contributed by atoms with E-state index in [1.807, 2.05) is 6.07 Å². The molecule has 1 N–H and O–H groups in total. The van der Waals surface area contributed by atoms with Gasteiger partial charge in [0.05, 0.1) is 0 Å². The Morgan fingerprint density at radius 3 is 2.75 bits per heavy atom. The second-order valence-electron chi connectivity index (χ2n) is 4.13. The largest absolute Gasteiger partial charge is 0.385 e. The molecule has 0 aliphatic heterocycles. The molecule has 1 aromatic carbocycles. The highest BCUT2D eigenvalue weighted by Crippen LogP contribution is 2.18. The van der Waals surface area contributed by atoms with Crippen LogP contribution in [0.4, 0.5) is 0 Å². The molecule has 1 aromatic rings. The van der Waals surface area contributed by atoms with E-state index in [0.717, 1.165) is 17.5 Å². The van der Waals surface area contributed by atoms with Gasteiger partial charge in [-0.3, -0.25) is 0 Å². The lowest BCUT2D eigenvalue weighted by atomic mass is 10.1. The Kier molecular flexibility index (Phi) is 6.03.